The highest BCUT2D eigenvalue weighted by Crippen LogP contribution is 2.33. The van der Waals surface area contributed by atoms with Gasteiger partial charge in [0.05, 0.1) is 0 Å². The summed E-state index contributed by atoms with van der Waals surface area (Å²) in [6.45, 7) is 4.20. The van der Waals surface area contributed by atoms with Crippen LogP contribution < -0.4 is 0 Å². The number of hydrogen-bond acceptors (Lipinski definition) is 1. The Kier molecular flexibility index (Phi) is 5.01. The minimum atomic E-state index is 0.231. The van der Waals surface area contributed by atoms with Crippen LogP contribution in [0.2, 0.25) is 5.02 Å². The van der Waals surface area contributed by atoms with Gasteiger partial charge in [-0.1, -0.05) is 72.1 Å². The molecule has 1 unspecified atom stereocenters. The average molecular weight is 337 g/mol. The Morgan fingerprint density at radius 1 is 0.958 bits per heavy atom. The third-order valence-electron chi connectivity index (χ3n) is 4.45. The Balaban J connectivity index is 1.80. The van der Waals surface area contributed by atoms with Crippen LogP contribution in [0.5, 0.6) is 0 Å². The Morgan fingerprint density at radius 2 is 1.54 bits per heavy atom. The fourth-order valence-corrected chi connectivity index (χ4v) is 3.25. The number of rotatable bonds is 2. The first-order valence-electron chi connectivity index (χ1n) is 8.28. The molecule has 0 radical (unpaired) electrons. The molecule has 0 N–H and O–H groups in total. The molecule has 2 heteroatoms. The first-order chi connectivity index (χ1) is 11.5. The lowest BCUT2D eigenvalue weighted by molar-refractivity contribution is -0.115. The zero-order valence-electron chi connectivity index (χ0n) is 14.1. The summed E-state index contributed by atoms with van der Waals surface area (Å²) in [4.78, 5) is 12.6. The van der Waals surface area contributed by atoms with Crippen LogP contribution in [0.15, 0.2) is 59.7 Å². The van der Waals surface area contributed by atoms with Crippen LogP contribution >= 0.6 is 11.6 Å². The molecule has 1 nitrogen and oxygen atoms in total. The van der Waals surface area contributed by atoms with Crippen molar-refractivity contribution in [3.63, 3.8) is 0 Å². The molecule has 2 aromatic rings. The van der Waals surface area contributed by atoms with Crippen molar-refractivity contribution in [3.05, 3.63) is 81.4 Å². The van der Waals surface area contributed by atoms with Crippen molar-refractivity contribution in [2.75, 3.05) is 0 Å². The number of allylic oxidation sites excluding steroid dienone is 2. The van der Waals surface area contributed by atoms with Crippen molar-refractivity contribution in [2.45, 2.75) is 26.7 Å². The molecule has 1 aliphatic rings. The fraction of sp³-hybridized carbons (Fsp3) is 0.227. The lowest BCUT2D eigenvalue weighted by Crippen LogP contribution is -2.18. The quantitative estimate of drug-likeness (QED) is 0.604. The first-order valence-corrected chi connectivity index (χ1v) is 8.65. The number of Topliss-reactive ketones (excluding diaryl/α,β-unsaturated/α-hetero) is 1. The van der Waals surface area contributed by atoms with Crippen LogP contribution in [-0.2, 0) is 4.79 Å². The highest BCUT2D eigenvalue weighted by atomic mass is 35.5. The maximum absolute atomic E-state index is 12.6. The minimum Gasteiger partial charge on any atom is -0.294 e. The molecule has 3 rings (SSSR count). The normalized spacial score (nSPS) is 21.5. The Hall–Kier alpha value is -2.12. The third-order valence-corrected chi connectivity index (χ3v) is 4.70. The maximum Gasteiger partial charge on any atom is 0.163 e. The van der Waals surface area contributed by atoms with E-state index in [9.17, 15) is 4.79 Å². The van der Waals surface area contributed by atoms with E-state index in [1.54, 1.807) is 0 Å². The predicted molar refractivity (Wildman–Crippen MR) is 102 cm³/mol. The molecule has 1 fully saturated rings. The van der Waals surface area contributed by atoms with E-state index in [0.29, 0.717) is 6.42 Å². The zero-order chi connectivity index (χ0) is 17.1. The van der Waals surface area contributed by atoms with Gasteiger partial charge in [0, 0.05) is 11.4 Å². The van der Waals surface area contributed by atoms with Crippen LogP contribution in [0.4, 0.5) is 0 Å². The number of hydrogen-bond donors (Lipinski definition) is 0. The molecule has 24 heavy (non-hydrogen) atoms. The van der Waals surface area contributed by atoms with E-state index in [4.69, 9.17) is 11.6 Å². The molecule has 1 aliphatic carbocycles. The molecule has 0 aromatic heterocycles. The second-order valence-corrected chi connectivity index (χ2v) is 7.01. The second-order valence-electron chi connectivity index (χ2n) is 6.57. The van der Waals surface area contributed by atoms with Crippen molar-refractivity contribution >= 4 is 29.5 Å². The number of carbonyl (C=O) groups excluding carboxylic acids is 1. The van der Waals surface area contributed by atoms with Crippen LogP contribution in [0, 0.1) is 12.8 Å². The van der Waals surface area contributed by atoms with E-state index in [2.05, 4.69) is 44.2 Å². The number of ketones is 1. The van der Waals surface area contributed by atoms with Gasteiger partial charge in [-0.05, 0) is 54.2 Å². The standard InChI is InChI=1S/C22H21ClO/c1-15-3-5-18(6-4-15)13-21-16(2)11-19(14-22(21)24)12-17-7-9-20(23)10-8-17/h3-10,12-13,16H,11,14H2,1-2H3/b19-12+,21-13+. The Morgan fingerprint density at radius 3 is 2.17 bits per heavy atom. The molecule has 1 atom stereocenters. The van der Waals surface area contributed by atoms with Gasteiger partial charge < -0.3 is 0 Å². The summed E-state index contributed by atoms with van der Waals surface area (Å²) < 4.78 is 0. The highest BCUT2D eigenvalue weighted by Gasteiger charge is 2.25. The van der Waals surface area contributed by atoms with Crippen molar-refractivity contribution in [1.29, 1.82) is 0 Å². The molecule has 0 aliphatic heterocycles. The molecular formula is C22H21ClO. The molecule has 1 saturated carbocycles. The van der Waals surface area contributed by atoms with Gasteiger partial charge >= 0.3 is 0 Å². The van der Waals surface area contributed by atoms with Gasteiger partial charge in [0.15, 0.2) is 5.78 Å². The summed E-state index contributed by atoms with van der Waals surface area (Å²) in [5.41, 5.74) is 5.55. The van der Waals surface area contributed by atoms with Crippen molar-refractivity contribution in [3.8, 4) is 0 Å². The maximum atomic E-state index is 12.6. The molecule has 2 aromatic carbocycles. The SMILES string of the molecule is Cc1ccc(/C=C2/C(=O)C/C(=C/c3ccc(Cl)cc3)CC2C)cc1. The van der Waals surface area contributed by atoms with Crippen LogP contribution in [0.1, 0.15) is 36.5 Å². The largest absolute Gasteiger partial charge is 0.294 e. The van der Waals surface area contributed by atoms with Gasteiger partial charge in [0.25, 0.3) is 0 Å². The third kappa shape index (κ3) is 4.04. The fourth-order valence-electron chi connectivity index (χ4n) is 3.13. The highest BCUT2D eigenvalue weighted by molar-refractivity contribution is 6.30. The zero-order valence-corrected chi connectivity index (χ0v) is 14.8. The molecule has 0 amide bonds. The predicted octanol–water partition coefficient (Wildman–Crippen LogP) is 6.11. The van der Waals surface area contributed by atoms with Gasteiger partial charge in [0.2, 0.25) is 0 Å². The van der Waals surface area contributed by atoms with Crippen LogP contribution in [0.3, 0.4) is 0 Å². The Labute approximate surface area is 148 Å². The molecule has 0 saturated heterocycles. The molecule has 0 bridgehead atoms. The van der Waals surface area contributed by atoms with Crippen molar-refractivity contribution in [1.82, 2.24) is 0 Å². The number of carbonyl (C=O) groups is 1. The number of benzene rings is 2. The summed E-state index contributed by atoms with van der Waals surface area (Å²) in [5, 5.41) is 0.730. The van der Waals surface area contributed by atoms with E-state index in [0.717, 1.165) is 28.1 Å². The van der Waals surface area contributed by atoms with Crippen LogP contribution in [0.25, 0.3) is 12.2 Å². The number of halogens is 1. The number of aryl methyl sites for hydroxylation is 1. The van der Waals surface area contributed by atoms with Gasteiger partial charge in [-0.3, -0.25) is 4.79 Å². The first kappa shape index (κ1) is 16.7. The summed E-state index contributed by atoms with van der Waals surface area (Å²) in [7, 11) is 0. The minimum absolute atomic E-state index is 0.231. The Bertz CT molecular complexity index is 795. The summed E-state index contributed by atoms with van der Waals surface area (Å²) in [6.07, 6.45) is 5.59. The molecular weight excluding hydrogens is 316 g/mol. The van der Waals surface area contributed by atoms with Gasteiger partial charge in [0.1, 0.15) is 0 Å². The average Bonchev–Trinajstić information content (AvgIpc) is 2.55. The molecule has 0 heterocycles. The van der Waals surface area contributed by atoms with Crippen molar-refractivity contribution in [2.24, 2.45) is 5.92 Å². The van der Waals surface area contributed by atoms with Crippen LogP contribution in [-0.4, -0.2) is 5.78 Å². The molecule has 122 valence electrons. The van der Waals surface area contributed by atoms with Gasteiger partial charge in [-0.25, -0.2) is 0 Å². The monoisotopic (exact) mass is 336 g/mol. The molecule has 0 spiro atoms. The summed E-state index contributed by atoms with van der Waals surface area (Å²) in [6, 6.07) is 16.0. The van der Waals surface area contributed by atoms with Gasteiger partial charge in [-0.15, -0.1) is 0 Å². The van der Waals surface area contributed by atoms with E-state index >= 15 is 0 Å². The lowest BCUT2D eigenvalue weighted by Gasteiger charge is -2.23. The topological polar surface area (TPSA) is 17.1 Å². The van der Waals surface area contributed by atoms with Gasteiger partial charge in [-0.2, -0.15) is 0 Å². The van der Waals surface area contributed by atoms with E-state index in [1.165, 1.54) is 11.1 Å². The summed E-state index contributed by atoms with van der Waals surface area (Å²) in [5.74, 6) is 0.473. The summed E-state index contributed by atoms with van der Waals surface area (Å²) >= 11 is 5.92. The van der Waals surface area contributed by atoms with Crippen molar-refractivity contribution < 1.29 is 4.79 Å². The smallest absolute Gasteiger partial charge is 0.163 e. The van der Waals surface area contributed by atoms with E-state index < -0.39 is 0 Å². The second kappa shape index (κ2) is 7.19. The van der Waals surface area contributed by atoms with E-state index in [1.807, 2.05) is 30.3 Å². The van der Waals surface area contributed by atoms with E-state index in [-0.39, 0.29) is 11.7 Å². The lowest BCUT2D eigenvalue weighted by atomic mass is 9.80.